The summed E-state index contributed by atoms with van der Waals surface area (Å²) in [6.07, 6.45) is 0.157. The molecule has 2 aromatic carbocycles. The smallest absolute Gasteiger partial charge is 0.247 e. The summed E-state index contributed by atoms with van der Waals surface area (Å²) in [6, 6.07) is 12.5. The number of carbonyl (C=O) groups is 2. The van der Waals surface area contributed by atoms with Gasteiger partial charge in [0, 0.05) is 6.42 Å². The number of imidazole rings is 1. The van der Waals surface area contributed by atoms with Crippen molar-refractivity contribution >= 4 is 63.5 Å². The van der Waals surface area contributed by atoms with E-state index in [0.29, 0.717) is 21.5 Å². The average Bonchev–Trinajstić information content (AvgIpc) is 3.16. The van der Waals surface area contributed by atoms with Crippen molar-refractivity contribution in [2.75, 3.05) is 4.90 Å². The van der Waals surface area contributed by atoms with Crippen molar-refractivity contribution in [2.24, 2.45) is 0 Å². The molecule has 0 bridgehead atoms. The number of thioether (sulfide) groups is 1. The summed E-state index contributed by atoms with van der Waals surface area (Å²) in [7, 11) is 0. The molecule has 132 valence electrons. The number of aromatic amines is 1. The Hall–Kier alpha value is -2.02. The number of amides is 2. The van der Waals surface area contributed by atoms with Gasteiger partial charge in [0.2, 0.25) is 11.8 Å². The zero-order chi connectivity index (χ0) is 18.3. The van der Waals surface area contributed by atoms with Crippen molar-refractivity contribution in [2.45, 2.75) is 17.4 Å². The molecule has 1 aliphatic heterocycles. The molecule has 4 rings (SSSR count). The number of hydrogen-bond acceptors (Lipinski definition) is 4. The number of imide groups is 1. The van der Waals surface area contributed by atoms with E-state index in [-0.39, 0.29) is 18.2 Å². The van der Waals surface area contributed by atoms with E-state index in [4.69, 9.17) is 23.2 Å². The highest BCUT2D eigenvalue weighted by Gasteiger charge is 2.40. The van der Waals surface area contributed by atoms with Crippen LogP contribution in [0.2, 0.25) is 10.0 Å². The van der Waals surface area contributed by atoms with Gasteiger partial charge >= 0.3 is 0 Å². The topological polar surface area (TPSA) is 66.1 Å². The molecule has 1 aromatic heterocycles. The fraction of sp³-hybridized carbons (Fsp3) is 0.167. The number of H-pyrrole nitrogens is 1. The van der Waals surface area contributed by atoms with Crippen LogP contribution in [0.3, 0.4) is 0 Å². The van der Waals surface area contributed by atoms with Crippen LogP contribution >= 0.6 is 35.0 Å². The predicted octanol–water partition coefficient (Wildman–Crippen LogP) is 4.44. The third-order valence-corrected chi connectivity index (χ3v) is 6.08. The first-order valence-corrected chi connectivity index (χ1v) is 9.70. The molecular weight excluding hydrogens is 393 g/mol. The molecule has 2 amide bonds. The van der Waals surface area contributed by atoms with Crippen molar-refractivity contribution in [1.82, 2.24) is 9.97 Å². The number of para-hydroxylation sites is 2. The number of aromatic nitrogens is 2. The minimum atomic E-state index is -0.440. The first kappa shape index (κ1) is 17.4. The van der Waals surface area contributed by atoms with Gasteiger partial charge in [0.15, 0.2) is 0 Å². The lowest BCUT2D eigenvalue weighted by Gasteiger charge is -2.15. The van der Waals surface area contributed by atoms with E-state index in [2.05, 4.69) is 9.97 Å². The van der Waals surface area contributed by atoms with Gasteiger partial charge < -0.3 is 4.98 Å². The molecule has 1 saturated heterocycles. The molecule has 1 fully saturated rings. The maximum absolute atomic E-state index is 12.7. The van der Waals surface area contributed by atoms with Crippen LogP contribution < -0.4 is 4.90 Å². The fourth-order valence-electron chi connectivity index (χ4n) is 2.88. The van der Waals surface area contributed by atoms with Gasteiger partial charge in [-0.05, 0) is 30.3 Å². The maximum atomic E-state index is 12.7. The summed E-state index contributed by atoms with van der Waals surface area (Å²) in [5.74, 6) is 0.822. The summed E-state index contributed by atoms with van der Waals surface area (Å²) in [5, 5.41) is 0.249. The quantitative estimate of drug-likeness (QED) is 0.651. The summed E-state index contributed by atoms with van der Waals surface area (Å²) in [6.45, 7) is 0. The van der Waals surface area contributed by atoms with Crippen molar-refractivity contribution in [3.63, 3.8) is 0 Å². The van der Waals surface area contributed by atoms with Crippen LogP contribution in [-0.4, -0.2) is 27.0 Å². The first-order chi connectivity index (χ1) is 12.5. The number of halogens is 2. The highest BCUT2D eigenvalue weighted by molar-refractivity contribution is 7.99. The molecule has 0 saturated carbocycles. The van der Waals surface area contributed by atoms with Crippen molar-refractivity contribution < 1.29 is 9.59 Å². The Morgan fingerprint density at radius 3 is 2.73 bits per heavy atom. The molecule has 3 aromatic rings. The predicted molar refractivity (Wildman–Crippen MR) is 105 cm³/mol. The zero-order valence-corrected chi connectivity index (χ0v) is 15.7. The highest BCUT2D eigenvalue weighted by atomic mass is 35.5. The zero-order valence-electron chi connectivity index (χ0n) is 13.4. The molecule has 0 spiro atoms. The van der Waals surface area contributed by atoms with Gasteiger partial charge in [-0.25, -0.2) is 9.88 Å². The average molecular weight is 406 g/mol. The van der Waals surface area contributed by atoms with E-state index < -0.39 is 5.25 Å². The van der Waals surface area contributed by atoms with E-state index in [0.717, 1.165) is 16.9 Å². The van der Waals surface area contributed by atoms with E-state index in [1.807, 2.05) is 24.3 Å². The van der Waals surface area contributed by atoms with Crippen molar-refractivity contribution in [3.8, 4) is 0 Å². The number of carbonyl (C=O) groups excluding carboxylic acids is 2. The van der Waals surface area contributed by atoms with Gasteiger partial charge in [0.1, 0.15) is 5.82 Å². The molecule has 0 radical (unpaired) electrons. The molecule has 26 heavy (non-hydrogen) atoms. The van der Waals surface area contributed by atoms with Crippen LogP contribution in [0.15, 0.2) is 42.5 Å². The normalized spacial score (nSPS) is 17.5. The van der Waals surface area contributed by atoms with Gasteiger partial charge in [-0.2, -0.15) is 0 Å². The Labute approximate surface area is 163 Å². The Kier molecular flexibility index (Phi) is 4.65. The second-order valence-electron chi connectivity index (χ2n) is 5.87. The monoisotopic (exact) mass is 405 g/mol. The lowest BCUT2D eigenvalue weighted by atomic mass is 10.3. The van der Waals surface area contributed by atoms with E-state index >= 15 is 0 Å². The lowest BCUT2D eigenvalue weighted by molar-refractivity contribution is -0.121. The highest BCUT2D eigenvalue weighted by Crippen LogP contribution is 2.34. The maximum Gasteiger partial charge on any atom is 0.247 e. The summed E-state index contributed by atoms with van der Waals surface area (Å²) in [4.78, 5) is 33.9. The Morgan fingerprint density at radius 1 is 1.15 bits per heavy atom. The SMILES string of the molecule is O=C1CC(SCc2nc3ccccc3[nH]2)C(=O)N1c1ccc(Cl)c(Cl)c1. The van der Waals surface area contributed by atoms with Crippen LogP contribution in [0, 0.1) is 0 Å². The number of fused-ring (bicyclic) bond motifs is 1. The number of anilines is 1. The van der Waals surface area contributed by atoms with Crippen LogP contribution in [-0.2, 0) is 15.3 Å². The largest absolute Gasteiger partial charge is 0.341 e. The molecule has 5 nitrogen and oxygen atoms in total. The van der Waals surface area contributed by atoms with Gasteiger partial charge in [0.25, 0.3) is 0 Å². The second kappa shape index (κ2) is 6.95. The molecule has 0 aliphatic carbocycles. The van der Waals surface area contributed by atoms with E-state index in [1.54, 1.807) is 12.1 Å². The second-order valence-corrected chi connectivity index (χ2v) is 7.88. The minimum Gasteiger partial charge on any atom is -0.341 e. The molecule has 1 unspecified atom stereocenters. The molecule has 1 atom stereocenters. The fourth-order valence-corrected chi connectivity index (χ4v) is 4.18. The summed E-state index contributed by atoms with van der Waals surface area (Å²) >= 11 is 13.3. The van der Waals surface area contributed by atoms with E-state index in [1.165, 1.54) is 22.7 Å². The van der Waals surface area contributed by atoms with E-state index in [9.17, 15) is 9.59 Å². The Bertz CT molecular complexity index is 988. The van der Waals surface area contributed by atoms with Crippen LogP contribution in [0.5, 0.6) is 0 Å². The summed E-state index contributed by atoms with van der Waals surface area (Å²) in [5.41, 5.74) is 2.28. The van der Waals surface area contributed by atoms with Gasteiger partial charge in [0.05, 0.1) is 37.8 Å². The standard InChI is InChI=1S/C18H13Cl2N3O2S/c19-11-6-5-10(7-12(11)20)23-17(24)8-15(18(23)25)26-9-16-21-13-3-1-2-4-14(13)22-16/h1-7,15H,8-9H2,(H,21,22). The number of hydrogen-bond donors (Lipinski definition) is 1. The Balaban J connectivity index is 1.49. The molecule has 8 heteroatoms. The molecule has 1 N–H and O–H groups in total. The van der Waals surface area contributed by atoms with Gasteiger partial charge in [-0.3, -0.25) is 9.59 Å². The van der Waals surface area contributed by atoms with Crippen molar-refractivity contribution in [3.05, 3.63) is 58.3 Å². The number of nitrogens with one attached hydrogen (secondary N) is 1. The molecule has 2 heterocycles. The third kappa shape index (κ3) is 3.20. The Morgan fingerprint density at radius 2 is 1.96 bits per heavy atom. The summed E-state index contributed by atoms with van der Waals surface area (Å²) < 4.78 is 0. The minimum absolute atomic E-state index is 0.157. The number of benzene rings is 2. The number of rotatable bonds is 4. The van der Waals surface area contributed by atoms with Crippen LogP contribution in [0.25, 0.3) is 11.0 Å². The van der Waals surface area contributed by atoms with Crippen molar-refractivity contribution in [1.29, 1.82) is 0 Å². The first-order valence-electron chi connectivity index (χ1n) is 7.90. The molecular formula is C18H13Cl2N3O2S. The lowest BCUT2D eigenvalue weighted by Crippen LogP contribution is -2.31. The third-order valence-electron chi connectivity index (χ3n) is 4.13. The number of nitrogens with zero attached hydrogens (tertiary/aromatic N) is 2. The van der Waals surface area contributed by atoms with Gasteiger partial charge in [-0.15, -0.1) is 11.8 Å². The van der Waals surface area contributed by atoms with Gasteiger partial charge in [-0.1, -0.05) is 35.3 Å². The van der Waals surface area contributed by atoms with Crippen LogP contribution in [0.4, 0.5) is 5.69 Å². The van der Waals surface area contributed by atoms with Crippen LogP contribution in [0.1, 0.15) is 12.2 Å². The molecule has 1 aliphatic rings.